The van der Waals surface area contributed by atoms with Crippen LogP contribution >= 0.6 is 0 Å². The van der Waals surface area contributed by atoms with Crippen LogP contribution in [0.25, 0.3) is 0 Å². The minimum atomic E-state index is -0.932. The van der Waals surface area contributed by atoms with Gasteiger partial charge in [-0.3, -0.25) is 10.1 Å². The zero-order valence-corrected chi connectivity index (χ0v) is 13.1. The number of hydrogen-bond acceptors (Lipinski definition) is 7. The molecule has 2 aliphatic rings. The van der Waals surface area contributed by atoms with E-state index in [0.29, 0.717) is 12.1 Å². The first-order valence-corrected chi connectivity index (χ1v) is 7.97. The van der Waals surface area contributed by atoms with Crippen molar-refractivity contribution >= 4 is 23.3 Å². The van der Waals surface area contributed by atoms with Crippen LogP contribution < -0.4 is 4.90 Å². The summed E-state index contributed by atoms with van der Waals surface area (Å²) < 4.78 is 9.81. The lowest BCUT2D eigenvalue weighted by atomic mass is 10.1. The van der Waals surface area contributed by atoms with Crippen LogP contribution in [0.3, 0.4) is 0 Å². The highest BCUT2D eigenvalue weighted by molar-refractivity contribution is 5.93. The zero-order chi connectivity index (χ0) is 17.1. The fraction of sp³-hybridized carbons (Fsp3) is 0.500. The number of carbonyl (C=O) groups is 2. The van der Waals surface area contributed by atoms with E-state index in [1.807, 2.05) is 4.90 Å². The van der Waals surface area contributed by atoms with Gasteiger partial charge in [0.15, 0.2) is 0 Å². The number of carbonyl (C=O) groups excluding carboxylic acids is 2. The number of hydrogen-bond donors (Lipinski definition) is 0. The van der Waals surface area contributed by atoms with Gasteiger partial charge in [0.1, 0.15) is 5.69 Å². The maximum atomic E-state index is 12.1. The van der Waals surface area contributed by atoms with Gasteiger partial charge in [0, 0.05) is 25.6 Å². The summed E-state index contributed by atoms with van der Waals surface area (Å²) in [7, 11) is 0. The van der Waals surface area contributed by atoms with Crippen molar-refractivity contribution in [2.24, 2.45) is 0 Å². The smallest absolute Gasteiger partial charge is 0.347 e. The molecule has 2 fully saturated rings. The monoisotopic (exact) mass is 334 g/mol. The first-order valence-electron chi connectivity index (χ1n) is 7.97. The molecule has 0 amide bonds. The molecule has 0 saturated carbocycles. The van der Waals surface area contributed by atoms with E-state index in [1.165, 1.54) is 12.1 Å². The Kier molecular flexibility index (Phi) is 4.64. The summed E-state index contributed by atoms with van der Waals surface area (Å²) in [4.78, 5) is 36.4. The standard InChI is InChI=1S/C16H18N2O6/c19-15(24-14-6-9-23-16(14)20)11-4-5-12(13(10-11)18(21)22)17-7-2-1-3-8-17/h4-5,10,14H,1-3,6-9H2/t14-/m0/s1. The Morgan fingerprint density at radius 2 is 2.04 bits per heavy atom. The van der Waals surface area contributed by atoms with Gasteiger partial charge in [-0.25, -0.2) is 9.59 Å². The highest BCUT2D eigenvalue weighted by Gasteiger charge is 2.31. The first kappa shape index (κ1) is 16.2. The maximum Gasteiger partial charge on any atom is 0.347 e. The molecule has 0 unspecified atom stereocenters. The molecule has 1 aromatic carbocycles. The summed E-state index contributed by atoms with van der Waals surface area (Å²) in [5.41, 5.74) is 0.444. The van der Waals surface area contributed by atoms with Gasteiger partial charge in [-0.2, -0.15) is 0 Å². The van der Waals surface area contributed by atoms with Crippen LogP contribution in [-0.4, -0.2) is 42.7 Å². The molecule has 2 aliphatic heterocycles. The van der Waals surface area contributed by atoms with E-state index in [4.69, 9.17) is 9.47 Å². The van der Waals surface area contributed by atoms with Gasteiger partial charge in [-0.1, -0.05) is 0 Å². The zero-order valence-electron chi connectivity index (χ0n) is 13.1. The number of piperidine rings is 1. The van der Waals surface area contributed by atoms with Crippen LogP contribution in [0.1, 0.15) is 36.0 Å². The molecule has 3 rings (SSSR count). The van der Waals surface area contributed by atoms with E-state index >= 15 is 0 Å². The van der Waals surface area contributed by atoms with E-state index < -0.39 is 23.0 Å². The molecule has 128 valence electrons. The number of nitrogens with zero attached hydrogens (tertiary/aromatic N) is 2. The van der Waals surface area contributed by atoms with E-state index in [2.05, 4.69) is 0 Å². The minimum absolute atomic E-state index is 0.0576. The molecule has 0 N–H and O–H groups in total. The fourth-order valence-electron chi connectivity index (χ4n) is 2.98. The average molecular weight is 334 g/mol. The van der Waals surface area contributed by atoms with Crippen LogP contribution in [0.2, 0.25) is 0 Å². The highest BCUT2D eigenvalue weighted by Crippen LogP contribution is 2.31. The van der Waals surface area contributed by atoms with Crippen molar-refractivity contribution in [3.63, 3.8) is 0 Å². The van der Waals surface area contributed by atoms with Crippen molar-refractivity contribution in [3.05, 3.63) is 33.9 Å². The van der Waals surface area contributed by atoms with E-state index in [9.17, 15) is 19.7 Å². The van der Waals surface area contributed by atoms with Crippen LogP contribution in [-0.2, 0) is 14.3 Å². The van der Waals surface area contributed by atoms with Gasteiger partial charge < -0.3 is 14.4 Å². The summed E-state index contributed by atoms with van der Waals surface area (Å²) in [6.07, 6.45) is 2.47. The van der Waals surface area contributed by atoms with Crippen molar-refractivity contribution < 1.29 is 24.0 Å². The van der Waals surface area contributed by atoms with Crippen LogP contribution in [0.15, 0.2) is 18.2 Å². The molecule has 1 atom stereocenters. The predicted octanol–water partition coefficient (Wildman–Crippen LogP) is 2.06. The van der Waals surface area contributed by atoms with Crippen LogP contribution in [0, 0.1) is 10.1 Å². The Morgan fingerprint density at radius 3 is 2.67 bits per heavy atom. The molecule has 2 heterocycles. The largest absolute Gasteiger partial charge is 0.463 e. The summed E-state index contributed by atoms with van der Waals surface area (Å²) in [5.74, 6) is -1.34. The first-order chi connectivity index (χ1) is 11.6. The predicted molar refractivity (Wildman–Crippen MR) is 83.9 cm³/mol. The Hall–Kier alpha value is -2.64. The number of benzene rings is 1. The third-order valence-electron chi connectivity index (χ3n) is 4.24. The molecule has 2 saturated heterocycles. The Labute approximate surface area is 138 Å². The van der Waals surface area contributed by atoms with Crippen molar-refractivity contribution in [1.29, 1.82) is 0 Å². The van der Waals surface area contributed by atoms with Crippen molar-refractivity contribution in [2.45, 2.75) is 31.8 Å². The molecule has 0 bridgehead atoms. The van der Waals surface area contributed by atoms with Crippen molar-refractivity contribution in [3.8, 4) is 0 Å². The molecule has 8 heteroatoms. The average Bonchev–Trinajstić information content (AvgIpc) is 3.00. The summed E-state index contributed by atoms with van der Waals surface area (Å²) >= 11 is 0. The third kappa shape index (κ3) is 3.32. The van der Waals surface area contributed by atoms with Gasteiger partial charge in [0.05, 0.1) is 17.1 Å². The number of nitro groups is 1. The topological polar surface area (TPSA) is 99.0 Å². The molecular formula is C16H18N2O6. The Morgan fingerprint density at radius 1 is 1.29 bits per heavy atom. The van der Waals surface area contributed by atoms with Crippen LogP contribution in [0.5, 0.6) is 0 Å². The number of ether oxygens (including phenoxy) is 2. The van der Waals surface area contributed by atoms with E-state index in [-0.39, 0.29) is 17.9 Å². The normalized spacial score (nSPS) is 20.6. The molecule has 8 nitrogen and oxygen atoms in total. The van der Waals surface area contributed by atoms with Gasteiger partial charge in [0.2, 0.25) is 6.10 Å². The maximum absolute atomic E-state index is 12.1. The van der Waals surface area contributed by atoms with E-state index in [0.717, 1.165) is 32.4 Å². The van der Waals surface area contributed by atoms with Crippen molar-refractivity contribution in [2.75, 3.05) is 24.6 Å². The molecule has 1 aromatic rings. The minimum Gasteiger partial charge on any atom is -0.463 e. The number of cyclic esters (lactones) is 1. The Balaban J connectivity index is 1.81. The summed E-state index contributed by atoms with van der Waals surface area (Å²) in [6, 6.07) is 4.29. The van der Waals surface area contributed by atoms with Crippen molar-refractivity contribution in [1.82, 2.24) is 0 Å². The van der Waals surface area contributed by atoms with Crippen LogP contribution in [0.4, 0.5) is 11.4 Å². The molecule has 0 aromatic heterocycles. The SMILES string of the molecule is O=C(O[C@H]1CCOC1=O)c1ccc(N2CCCCC2)c([N+](=O)[O-])c1. The quantitative estimate of drug-likeness (QED) is 0.472. The van der Waals surface area contributed by atoms with Gasteiger partial charge >= 0.3 is 11.9 Å². The van der Waals surface area contributed by atoms with Gasteiger partial charge in [-0.05, 0) is 31.4 Å². The molecule has 24 heavy (non-hydrogen) atoms. The second kappa shape index (κ2) is 6.86. The molecule has 0 spiro atoms. The second-order valence-corrected chi connectivity index (χ2v) is 5.86. The number of rotatable bonds is 4. The molecule has 0 radical (unpaired) electrons. The fourth-order valence-corrected chi connectivity index (χ4v) is 2.98. The lowest BCUT2D eigenvalue weighted by Crippen LogP contribution is -2.30. The van der Waals surface area contributed by atoms with Gasteiger partial charge in [-0.15, -0.1) is 0 Å². The summed E-state index contributed by atoms with van der Waals surface area (Å²) in [6.45, 7) is 1.74. The number of nitro benzene ring substituents is 1. The Bertz CT molecular complexity index is 669. The number of anilines is 1. The highest BCUT2D eigenvalue weighted by atomic mass is 16.6. The summed E-state index contributed by atoms with van der Waals surface area (Å²) in [5, 5.41) is 11.4. The second-order valence-electron chi connectivity index (χ2n) is 5.86. The lowest BCUT2D eigenvalue weighted by Gasteiger charge is -2.28. The third-order valence-corrected chi connectivity index (χ3v) is 4.24. The van der Waals surface area contributed by atoms with E-state index in [1.54, 1.807) is 6.07 Å². The van der Waals surface area contributed by atoms with Gasteiger partial charge in [0.25, 0.3) is 5.69 Å². The molecular weight excluding hydrogens is 316 g/mol. The number of esters is 2. The molecule has 0 aliphatic carbocycles. The lowest BCUT2D eigenvalue weighted by molar-refractivity contribution is -0.384.